The van der Waals surface area contributed by atoms with Crippen molar-refractivity contribution in [2.75, 3.05) is 17.7 Å². The number of nitrogens with zero attached hydrogens (tertiary/aromatic N) is 1. The Hall–Kier alpha value is -4.06. The Labute approximate surface area is 173 Å². The summed E-state index contributed by atoms with van der Waals surface area (Å²) in [7, 11) is 0. The van der Waals surface area contributed by atoms with E-state index in [1.165, 1.54) is 4.57 Å². The lowest BCUT2D eigenvalue weighted by Gasteiger charge is -2.12. The van der Waals surface area contributed by atoms with E-state index in [1.807, 2.05) is 25.1 Å². The summed E-state index contributed by atoms with van der Waals surface area (Å²) in [5.74, 6) is 0.841. The maximum atomic E-state index is 12.9. The van der Waals surface area contributed by atoms with Gasteiger partial charge in [0.1, 0.15) is 11.6 Å². The number of ether oxygens (including phenoxy) is 1. The summed E-state index contributed by atoms with van der Waals surface area (Å²) in [6.07, 6.45) is 0. The highest BCUT2D eigenvalue weighted by atomic mass is 16.5. The first kappa shape index (κ1) is 19.3. The molecule has 0 unspecified atom stereocenters. The number of aromatic nitrogens is 1. The first-order chi connectivity index (χ1) is 14.6. The van der Waals surface area contributed by atoms with Gasteiger partial charge in [0.2, 0.25) is 0 Å². The predicted octanol–water partition coefficient (Wildman–Crippen LogP) is 4.22. The first-order valence-electron chi connectivity index (χ1n) is 9.62. The third kappa shape index (κ3) is 3.75. The monoisotopic (exact) mass is 399 g/mol. The number of benzene rings is 3. The van der Waals surface area contributed by atoms with E-state index in [9.17, 15) is 9.59 Å². The van der Waals surface area contributed by atoms with Crippen molar-refractivity contribution in [1.29, 1.82) is 0 Å². The van der Waals surface area contributed by atoms with Gasteiger partial charge in [-0.1, -0.05) is 18.2 Å². The Morgan fingerprint density at radius 2 is 1.70 bits per heavy atom. The molecule has 0 aliphatic heterocycles. The van der Waals surface area contributed by atoms with Crippen molar-refractivity contribution >= 4 is 28.2 Å². The lowest BCUT2D eigenvalue weighted by Crippen LogP contribution is -2.21. The summed E-state index contributed by atoms with van der Waals surface area (Å²) in [5.41, 5.74) is 7.67. The summed E-state index contributed by atoms with van der Waals surface area (Å²) in [6, 6.07) is 23.0. The van der Waals surface area contributed by atoms with E-state index in [1.54, 1.807) is 60.7 Å². The number of carbonyl (C=O) groups is 1. The topological polar surface area (TPSA) is 86.3 Å². The molecule has 1 aromatic heterocycles. The number of hydrogen-bond donors (Lipinski definition) is 2. The van der Waals surface area contributed by atoms with Crippen LogP contribution in [0.15, 0.2) is 83.7 Å². The van der Waals surface area contributed by atoms with Gasteiger partial charge >= 0.3 is 0 Å². The van der Waals surface area contributed by atoms with Crippen LogP contribution in [0.1, 0.15) is 17.3 Å². The highest BCUT2D eigenvalue weighted by molar-refractivity contribution is 6.04. The number of amides is 1. The van der Waals surface area contributed by atoms with Crippen LogP contribution in [-0.2, 0) is 0 Å². The smallest absolute Gasteiger partial charge is 0.264 e. The normalized spacial score (nSPS) is 10.7. The number of carbonyl (C=O) groups excluding carboxylic acids is 1. The van der Waals surface area contributed by atoms with Gasteiger partial charge in [-0.25, -0.2) is 0 Å². The Morgan fingerprint density at radius 1 is 1.00 bits per heavy atom. The Bertz CT molecular complexity index is 1260. The third-order valence-corrected chi connectivity index (χ3v) is 4.77. The summed E-state index contributed by atoms with van der Waals surface area (Å²) in [5, 5.41) is 4.23. The van der Waals surface area contributed by atoms with Gasteiger partial charge in [-0.2, -0.15) is 0 Å². The van der Waals surface area contributed by atoms with Crippen LogP contribution in [-0.4, -0.2) is 17.1 Å². The SMILES string of the molecule is CCOc1ccc(NC(=O)c2ccc(-n3c(N)cc4ccccc4c3=O)cc2)cc1. The van der Waals surface area contributed by atoms with Gasteiger partial charge in [0.05, 0.1) is 12.3 Å². The Kier molecular flexibility index (Phi) is 5.22. The molecule has 0 saturated carbocycles. The molecule has 1 amide bonds. The fourth-order valence-electron chi connectivity index (χ4n) is 3.31. The molecular weight excluding hydrogens is 378 g/mol. The minimum Gasteiger partial charge on any atom is -0.494 e. The summed E-state index contributed by atoms with van der Waals surface area (Å²) in [6.45, 7) is 2.50. The molecule has 0 spiro atoms. The van der Waals surface area contributed by atoms with E-state index in [0.29, 0.717) is 34.7 Å². The zero-order chi connectivity index (χ0) is 21.1. The van der Waals surface area contributed by atoms with E-state index >= 15 is 0 Å². The maximum Gasteiger partial charge on any atom is 0.264 e. The molecule has 0 aliphatic rings. The van der Waals surface area contributed by atoms with Gasteiger partial charge in [-0.15, -0.1) is 0 Å². The number of nitrogens with one attached hydrogen (secondary N) is 1. The van der Waals surface area contributed by atoms with Gasteiger partial charge in [-0.3, -0.25) is 14.2 Å². The lowest BCUT2D eigenvalue weighted by molar-refractivity contribution is 0.102. The second-order valence-corrected chi connectivity index (χ2v) is 6.76. The lowest BCUT2D eigenvalue weighted by atomic mass is 10.1. The largest absolute Gasteiger partial charge is 0.494 e. The first-order valence-corrected chi connectivity index (χ1v) is 9.62. The van der Waals surface area contributed by atoms with E-state index in [4.69, 9.17) is 10.5 Å². The van der Waals surface area contributed by atoms with Crippen molar-refractivity contribution in [3.63, 3.8) is 0 Å². The van der Waals surface area contributed by atoms with Crippen LogP contribution in [0.2, 0.25) is 0 Å². The van der Waals surface area contributed by atoms with E-state index in [2.05, 4.69) is 5.32 Å². The molecule has 0 atom stereocenters. The highest BCUT2D eigenvalue weighted by Crippen LogP contribution is 2.19. The summed E-state index contributed by atoms with van der Waals surface area (Å²) in [4.78, 5) is 25.4. The van der Waals surface area contributed by atoms with Crippen LogP contribution < -0.4 is 21.3 Å². The molecule has 0 fully saturated rings. The molecule has 6 heteroatoms. The molecule has 0 aliphatic carbocycles. The number of nitrogens with two attached hydrogens (primary N) is 1. The third-order valence-electron chi connectivity index (χ3n) is 4.77. The minimum absolute atomic E-state index is 0.197. The number of hydrogen-bond acceptors (Lipinski definition) is 4. The van der Waals surface area contributed by atoms with Gasteiger partial charge in [-0.05, 0) is 73.0 Å². The molecule has 150 valence electrons. The van der Waals surface area contributed by atoms with Crippen molar-refractivity contribution in [3.05, 3.63) is 94.8 Å². The van der Waals surface area contributed by atoms with Crippen molar-refractivity contribution in [2.24, 2.45) is 0 Å². The van der Waals surface area contributed by atoms with Crippen molar-refractivity contribution in [2.45, 2.75) is 6.92 Å². The quantitative estimate of drug-likeness (QED) is 0.526. The number of nitrogen functional groups attached to an aromatic ring is 1. The standard InChI is InChI=1S/C24H21N3O3/c1-2-30-20-13-9-18(10-14-20)26-23(28)16-7-11-19(12-8-16)27-22(25)15-17-5-3-4-6-21(17)24(27)29/h3-15H,2,25H2,1H3,(H,26,28). The van der Waals surface area contributed by atoms with Gasteiger partial charge in [0.15, 0.2) is 0 Å². The van der Waals surface area contributed by atoms with Gasteiger partial charge in [0, 0.05) is 16.6 Å². The molecule has 6 nitrogen and oxygen atoms in total. The summed E-state index contributed by atoms with van der Waals surface area (Å²) >= 11 is 0. The number of rotatable bonds is 5. The molecule has 0 saturated heterocycles. The van der Waals surface area contributed by atoms with Crippen molar-refractivity contribution in [1.82, 2.24) is 4.57 Å². The molecule has 3 aromatic carbocycles. The molecule has 0 bridgehead atoms. The van der Waals surface area contributed by atoms with Crippen LogP contribution in [0.4, 0.5) is 11.5 Å². The van der Waals surface area contributed by atoms with Gasteiger partial charge < -0.3 is 15.8 Å². The second kappa shape index (κ2) is 8.13. The predicted molar refractivity (Wildman–Crippen MR) is 120 cm³/mol. The van der Waals surface area contributed by atoms with Crippen LogP contribution in [0.5, 0.6) is 5.75 Å². The second-order valence-electron chi connectivity index (χ2n) is 6.76. The van der Waals surface area contributed by atoms with Crippen molar-refractivity contribution < 1.29 is 9.53 Å². The minimum atomic E-state index is -0.246. The molecule has 0 radical (unpaired) electrons. The highest BCUT2D eigenvalue weighted by Gasteiger charge is 2.11. The molecule has 4 aromatic rings. The molecular formula is C24H21N3O3. The fourth-order valence-corrected chi connectivity index (χ4v) is 3.31. The van der Waals surface area contributed by atoms with Crippen molar-refractivity contribution in [3.8, 4) is 11.4 Å². The Morgan fingerprint density at radius 3 is 2.40 bits per heavy atom. The Balaban J connectivity index is 1.58. The zero-order valence-corrected chi connectivity index (χ0v) is 16.5. The maximum absolute atomic E-state index is 12.9. The van der Waals surface area contributed by atoms with Crippen LogP contribution in [0.3, 0.4) is 0 Å². The number of anilines is 2. The molecule has 3 N–H and O–H groups in total. The zero-order valence-electron chi connectivity index (χ0n) is 16.5. The van der Waals surface area contributed by atoms with Crippen LogP contribution in [0, 0.1) is 0 Å². The number of fused-ring (bicyclic) bond motifs is 1. The van der Waals surface area contributed by atoms with E-state index in [0.717, 1.165) is 11.1 Å². The fraction of sp³-hybridized carbons (Fsp3) is 0.0833. The molecule has 30 heavy (non-hydrogen) atoms. The average Bonchev–Trinajstić information content (AvgIpc) is 2.76. The van der Waals surface area contributed by atoms with Crippen LogP contribution >= 0.6 is 0 Å². The van der Waals surface area contributed by atoms with E-state index < -0.39 is 0 Å². The average molecular weight is 399 g/mol. The van der Waals surface area contributed by atoms with Crippen LogP contribution in [0.25, 0.3) is 16.5 Å². The molecule has 4 rings (SSSR count). The van der Waals surface area contributed by atoms with Gasteiger partial charge in [0.25, 0.3) is 11.5 Å². The number of pyridine rings is 1. The van der Waals surface area contributed by atoms with E-state index in [-0.39, 0.29) is 11.5 Å². The molecule has 1 heterocycles. The summed E-state index contributed by atoms with van der Waals surface area (Å²) < 4.78 is 6.84.